The molecule has 17 heavy (non-hydrogen) atoms. The number of nitrogens with one attached hydrogen (secondary N) is 1. The van der Waals surface area contributed by atoms with Crippen LogP contribution in [0.4, 0.5) is 0 Å². The van der Waals surface area contributed by atoms with Gasteiger partial charge in [0.15, 0.2) is 0 Å². The van der Waals surface area contributed by atoms with Gasteiger partial charge < -0.3 is 10.1 Å². The fourth-order valence-electron chi connectivity index (χ4n) is 1.98. The van der Waals surface area contributed by atoms with Crippen LogP contribution >= 0.6 is 0 Å². The number of hydrogen-bond donors (Lipinski definition) is 1. The maximum absolute atomic E-state index is 5.87. The lowest BCUT2D eigenvalue weighted by molar-refractivity contribution is 0.156. The van der Waals surface area contributed by atoms with Gasteiger partial charge in [-0.25, -0.2) is 4.98 Å². The minimum atomic E-state index is 0.153. The summed E-state index contributed by atoms with van der Waals surface area (Å²) in [6.45, 7) is 8.67. The monoisotopic (exact) mass is 234 g/mol. The molecule has 1 aromatic heterocycles. The average Bonchev–Trinajstić information content (AvgIpc) is 2.30. The van der Waals surface area contributed by atoms with Crippen molar-refractivity contribution in [1.82, 2.24) is 10.3 Å². The van der Waals surface area contributed by atoms with Crippen molar-refractivity contribution in [2.45, 2.75) is 45.1 Å². The van der Waals surface area contributed by atoms with E-state index in [-0.39, 0.29) is 5.41 Å². The number of hydrogen-bond acceptors (Lipinski definition) is 3. The first kappa shape index (κ1) is 12.4. The third-order valence-corrected chi connectivity index (χ3v) is 3.18. The maximum atomic E-state index is 5.87. The maximum Gasteiger partial charge on any atom is 0.213 e. The molecule has 0 unspecified atom stereocenters. The van der Waals surface area contributed by atoms with Crippen molar-refractivity contribution in [3.8, 4) is 5.88 Å². The first-order valence-electron chi connectivity index (χ1n) is 6.39. The van der Waals surface area contributed by atoms with Crippen LogP contribution in [0.3, 0.4) is 0 Å². The SMILES string of the molecule is CC(C)(C)c1ccc(OC2CCNCC2)nc1. The zero-order chi connectivity index (χ0) is 12.3. The Hall–Kier alpha value is -1.09. The van der Waals surface area contributed by atoms with E-state index >= 15 is 0 Å². The number of rotatable bonds is 2. The van der Waals surface area contributed by atoms with Crippen LogP contribution in [0.5, 0.6) is 5.88 Å². The quantitative estimate of drug-likeness (QED) is 0.853. The largest absolute Gasteiger partial charge is 0.474 e. The van der Waals surface area contributed by atoms with Gasteiger partial charge in [0.05, 0.1) is 0 Å². The van der Waals surface area contributed by atoms with Gasteiger partial charge in [0.2, 0.25) is 5.88 Å². The zero-order valence-electron chi connectivity index (χ0n) is 11.0. The van der Waals surface area contributed by atoms with Crippen LogP contribution in [-0.4, -0.2) is 24.2 Å². The number of pyridine rings is 1. The van der Waals surface area contributed by atoms with Crippen LogP contribution in [0.25, 0.3) is 0 Å². The molecule has 0 radical (unpaired) electrons. The third kappa shape index (κ3) is 3.43. The van der Waals surface area contributed by atoms with Crippen LogP contribution < -0.4 is 10.1 Å². The first-order valence-corrected chi connectivity index (χ1v) is 6.39. The zero-order valence-corrected chi connectivity index (χ0v) is 11.0. The van der Waals surface area contributed by atoms with E-state index in [1.807, 2.05) is 12.3 Å². The summed E-state index contributed by atoms with van der Waals surface area (Å²) in [5.74, 6) is 0.755. The van der Waals surface area contributed by atoms with Crippen molar-refractivity contribution in [3.05, 3.63) is 23.9 Å². The smallest absolute Gasteiger partial charge is 0.213 e. The minimum Gasteiger partial charge on any atom is -0.474 e. The molecule has 0 aliphatic carbocycles. The van der Waals surface area contributed by atoms with Gasteiger partial charge in [0.25, 0.3) is 0 Å². The number of ether oxygens (including phenoxy) is 1. The van der Waals surface area contributed by atoms with Crippen LogP contribution in [0.1, 0.15) is 39.2 Å². The van der Waals surface area contributed by atoms with E-state index in [0.717, 1.165) is 31.8 Å². The Labute approximate surface area is 104 Å². The minimum absolute atomic E-state index is 0.153. The molecule has 3 heteroatoms. The second-order valence-corrected chi connectivity index (χ2v) is 5.70. The molecule has 1 saturated heterocycles. The first-order chi connectivity index (χ1) is 8.05. The Kier molecular flexibility index (Phi) is 3.67. The van der Waals surface area contributed by atoms with Crippen molar-refractivity contribution in [2.24, 2.45) is 0 Å². The fraction of sp³-hybridized carbons (Fsp3) is 0.643. The molecule has 1 N–H and O–H groups in total. The Morgan fingerprint density at radius 3 is 2.47 bits per heavy atom. The highest BCUT2D eigenvalue weighted by molar-refractivity contribution is 5.23. The summed E-state index contributed by atoms with van der Waals surface area (Å²) >= 11 is 0. The summed E-state index contributed by atoms with van der Waals surface area (Å²) in [5.41, 5.74) is 1.40. The van der Waals surface area contributed by atoms with Crippen LogP contribution in [-0.2, 0) is 5.41 Å². The molecule has 0 spiro atoms. The Bertz CT molecular complexity index is 347. The summed E-state index contributed by atoms with van der Waals surface area (Å²) in [6.07, 6.45) is 4.39. The molecule has 0 saturated carbocycles. The van der Waals surface area contributed by atoms with Gasteiger partial charge in [-0.2, -0.15) is 0 Å². The van der Waals surface area contributed by atoms with Gasteiger partial charge in [-0.1, -0.05) is 26.8 Å². The molecule has 1 aliphatic rings. The molecular weight excluding hydrogens is 212 g/mol. The standard InChI is InChI=1S/C14H22N2O/c1-14(2,3)11-4-5-13(16-10-11)17-12-6-8-15-9-7-12/h4-5,10,12,15H,6-9H2,1-3H3. The molecule has 1 aliphatic heterocycles. The lowest BCUT2D eigenvalue weighted by Gasteiger charge is -2.24. The summed E-state index contributed by atoms with van der Waals surface area (Å²) in [4.78, 5) is 4.40. The summed E-state index contributed by atoms with van der Waals surface area (Å²) < 4.78 is 5.87. The van der Waals surface area contributed by atoms with E-state index in [1.54, 1.807) is 0 Å². The molecule has 0 atom stereocenters. The van der Waals surface area contributed by atoms with Crippen LogP contribution in [0.15, 0.2) is 18.3 Å². The molecule has 0 aromatic carbocycles. The molecule has 94 valence electrons. The van der Waals surface area contributed by atoms with Gasteiger partial charge in [-0.05, 0) is 36.9 Å². The highest BCUT2D eigenvalue weighted by Gasteiger charge is 2.16. The van der Waals surface area contributed by atoms with E-state index in [0.29, 0.717) is 6.10 Å². The normalized spacial score (nSPS) is 18.1. The predicted octanol–water partition coefficient (Wildman–Crippen LogP) is 2.51. The van der Waals surface area contributed by atoms with Gasteiger partial charge in [0, 0.05) is 12.3 Å². The Balaban J connectivity index is 1.98. The lowest BCUT2D eigenvalue weighted by Crippen LogP contribution is -2.34. The molecule has 3 nitrogen and oxygen atoms in total. The van der Waals surface area contributed by atoms with E-state index in [9.17, 15) is 0 Å². The van der Waals surface area contributed by atoms with Gasteiger partial charge in [0.1, 0.15) is 6.10 Å². The number of piperidine rings is 1. The second kappa shape index (κ2) is 5.05. The fourth-order valence-corrected chi connectivity index (χ4v) is 1.98. The molecular formula is C14H22N2O. The molecule has 0 bridgehead atoms. The van der Waals surface area contributed by atoms with Crippen LogP contribution in [0.2, 0.25) is 0 Å². The van der Waals surface area contributed by atoms with E-state index in [2.05, 4.69) is 37.1 Å². The van der Waals surface area contributed by atoms with Crippen molar-refractivity contribution in [3.63, 3.8) is 0 Å². The highest BCUT2D eigenvalue weighted by Crippen LogP contribution is 2.23. The van der Waals surface area contributed by atoms with E-state index < -0.39 is 0 Å². The molecule has 1 aromatic rings. The van der Waals surface area contributed by atoms with Crippen molar-refractivity contribution >= 4 is 0 Å². The van der Waals surface area contributed by atoms with Gasteiger partial charge in [-0.3, -0.25) is 0 Å². The summed E-state index contributed by atoms with van der Waals surface area (Å²) in [5, 5.41) is 3.33. The number of nitrogens with zero attached hydrogens (tertiary/aromatic N) is 1. The Morgan fingerprint density at radius 1 is 1.24 bits per heavy atom. The lowest BCUT2D eigenvalue weighted by atomic mass is 9.88. The van der Waals surface area contributed by atoms with Crippen molar-refractivity contribution in [2.75, 3.05) is 13.1 Å². The van der Waals surface area contributed by atoms with Crippen LogP contribution in [0, 0.1) is 0 Å². The third-order valence-electron chi connectivity index (χ3n) is 3.18. The molecule has 2 rings (SSSR count). The summed E-state index contributed by atoms with van der Waals surface area (Å²) in [6, 6.07) is 4.10. The molecule has 0 amide bonds. The van der Waals surface area contributed by atoms with E-state index in [1.165, 1.54) is 5.56 Å². The predicted molar refractivity (Wildman–Crippen MR) is 69.5 cm³/mol. The summed E-state index contributed by atoms with van der Waals surface area (Å²) in [7, 11) is 0. The Morgan fingerprint density at radius 2 is 1.94 bits per heavy atom. The molecule has 2 heterocycles. The van der Waals surface area contributed by atoms with Crippen molar-refractivity contribution in [1.29, 1.82) is 0 Å². The number of aromatic nitrogens is 1. The highest BCUT2D eigenvalue weighted by atomic mass is 16.5. The van der Waals surface area contributed by atoms with Gasteiger partial charge in [-0.15, -0.1) is 0 Å². The second-order valence-electron chi connectivity index (χ2n) is 5.70. The topological polar surface area (TPSA) is 34.1 Å². The van der Waals surface area contributed by atoms with Crippen molar-refractivity contribution < 1.29 is 4.74 Å². The molecule has 1 fully saturated rings. The van der Waals surface area contributed by atoms with Gasteiger partial charge >= 0.3 is 0 Å². The van der Waals surface area contributed by atoms with E-state index in [4.69, 9.17) is 4.74 Å². The average molecular weight is 234 g/mol.